The van der Waals surface area contributed by atoms with E-state index in [9.17, 15) is 14.7 Å². The molecule has 1 fully saturated rings. The molecule has 0 bridgehead atoms. The highest BCUT2D eigenvalue weighted by Crippen LogP contribution is 2.45. The normalized spacial score (nSPS) is 16.7. The van der Waals surface area contributed by atoms with Gasteiger partial charge in [0.2, 0.25) is 0 Å². The molecule has 1 atom stereocenters. The van der Waals surface area contributed by atoms with Crippen molar-refractivity contribution >= 4 is 23.1 Å². The zero-order valence-corrected chi connectivity index (χ0v) is 21.7. The molecule has 1 unspecified atom stereocenters. The van der Waals surface area contributed by atoms with Crippen LogP contribution in [0.15, 0.2) is 66.2 Å². The lowest BCUT2D eigenvalue weighted by molar-refractivity contribution is -0.132. The van der Waals surface area contributed by atoms with Crippen LogP contribution in [0.1, 0.15) is 42.1 Å². The number of hydrogen-bond acceptors (Lipinski definition) is 6. The number of carbonyl (C=O) groups excluding carboxylic acids is 2. The Balaban J connectivity index is 1.99. The minimum Gasteiger partial charge on any atom is -0.507 e. The number of nitrogens with zero attached hydrogens (tertiary/aromatic N) is 1. The average Bonchev–Trinajstić information content (AvgIpc) is 3.16. The van der Waals surface area contributed by atoms with E-state index < -0.39 is 17.7 Å². The number of benzene rings is 3. The van der Waals surface area contributed by atoms with E-state index >= 15 is 0 Å². The Morgan fingerprint density at radius 3 is 2.38 bits per heavy atom. The molecule has 4 rings (SSSR count). The van der Waals surface area contributed by atoms with Crippen LogP contribution in [0.2, 0.25) is 0 Å². The van der Waals surface area contributed by atoms with Crippen LogP contribution in [0.3, 0.4) is 0 Å². The molecule has 7 heteroatoms. The van der Waals surface area contributed by atoms with Crippen molar-refractivity contribution in [2.45, 2.75) is 33.7 Å². The number of carbonyl (C=O) groups is 2. The van der Waals surface area contributed by atoms with Gasteiger partial charge in [0.05, 0.1) is 37.5 Å². The van der Waals surface area contributed by atoms with Crippen LogP contribution in [0.25, 0.3) is 5.76 Å². The second-order valence-corrected chi connectivity index (χ2v) is 8.76. The quantitative estimate of drug-likeness (QED) is 0.241. The lowest BCUT2D eigenvalue weighted by Gasteiger charge is -2.27. The molecule has 3 aromatic carbocycles. The van der Waals surface area contributed by atoms with Crippen molar-refractivity contribution in [1.29, 1.82) is 0 Å². The molecule has 3 aromatic rings. The van der Waals surface area contributed by atoms with Crippen LogP contribution in [0.4, 0.5) is 5.69 Å². The smallest absolute Gasteiger partial charge is 0.300 e. The highest BCUT2D eigenvalue weighted by Gasteiger charge is 2.47. The molecule has 0 aliphatic carbocycles. The van der Waals surface area contributed by atoms with Crippen molar-refractivity contribution in [3.05, 3.63) is 88.5 Å². The number of Topliss-reactive ketones (excluding diaryl/α,β-unsaturated/α-hetero) is 1. The summed E-state index contributed by atoms with van der Waals surface area (Å²) in [5.41, 5.74) is 3.28. The third kappa shape index (κ3) is 4.89. The Bertz CT molecular complexity index is 1380. The van der Waals surface area contributed by atoms with Gasteiger partial charge in [-0.1, -0.05) is 24.3 Å². The van der Waals surface area contributed by atoms with Gasteiger partial charge in [0.1, 0.15) is 23.0 Å². The Kier molecular flexibility index (Phi) is 7.53. The molecule has 1 aliphatic rings. The van der Waals surface area contributed by atoms with Crippen LogP contribution >= 0.6 is 0 Å². The highest BCUT2D eigenvalue weighted by molar-refractivity contribution is 6.51. The molecule has 1 heterocycles. The molecule has 0 saturated carbocycles. The lowest BCUT2D eigenvalue weighted by atomic mass is 9.94. The summed E-state index contributed by atoms with van der Waals surface area (Å²) in [6.45, 7) is 8.31. The fraction of sp³-hybridized carbons (Fsp3) is 0.267. The first kappa shape index (κ1) is 25.8. The van der Waals surface area contributed by atoms with Gasteiger partial charge in [0, 0.05) is 11.8 Å². The van der Waals surface area contributed by atoms with Gasteiger partial charge in [-0.2, -0.15) is 0 Å². The van der Waals surface area contributed by atoms with Gasteiger partial charge in [-0.25, -0.2) is 0 Å². The summed E-state index contributed by atoms with van der Waals surface area (Å²) in [4.78, 5) is 28.6. The minimum atomic E-state index is -0.878. The molecule has 0 spiro atoms. The van der Waals surface area contributed by atoms with Crippen molar-refractivity contribution in [2.75, 3.05) is 25.2 Å². The van der Waals surface area contributed by atoms with Gasteiger partial charge in [0.15, 0.2) is 0 Å². The van der Waals surface area contributed by atoms with Crippen molar-refractivity contribution in [2.24, 2.45) is 0 Å². The molecule has 1 amide bonds. The van der Waals surface area contributed by atoms with E-state index in [0.717, 1.165) is 11.1 Å². The zero-order valence-electron chi connectivity index (χ0n) is 21.7. The van der Waals surface area contributed by atoms with Crippen molar-refractivity contribution in [3.63, 3.8) is 0 Å². The van der Waals surface area contributed by atoms with Crippen LogP contribution in [0.5, 0.6) is 17.2 Å². The Morgan fingerprint density at radius 1 is 0.919 bits per heavy atom. The fourth-order valence-electron chi connectivity index (χ4n) is 4.56. The predicted molar refractivity (Wildman–Crippen MR) is 142 cm³/mol. The first-order valence-electron chi connectivity index (χ1n) is 12.2. The number of anilines is 1. The number of amides is 1. The maximum absolute atomic E-state index is 13.6. The van der Waals surface area contributed by atoms with E-state index in [1.807, 2.05) is 52.0 Å². The molecule has 37 heavy (non-hydrogen) atoms. The lowest BCUT2D eigenvalue weighted by Crippen LogP contribution is -2.30. The zero-order chi connectivity index (χ0) is 26.7. The van der Waals surface area contributed by atoms with E-state index in [1.165, 1.54) is 4.90 Å². The summed E-state index contributed by atoms with van der Waals surface area (Å²) in [7, 11) is 1.55. The number of methoxy groups -OCH3 is 1. The maximum atomic E-state index is 13.6. The summed E-state index contributed by atoms with van der Waals surface area (Å²) >= 11 is 0. The number of aliphatic hydroxyl groups excluding tert-OH is 1. The second kappa shape index (κ2) is 10.8. The molecule has 0 aromatic heterocycles. The Hall–Kier alpha value is -4.26. The first-order valence-corrected chi connectivity index (χ1v) is 12.2. The highest BCUT2D eigenvalue weighted by atomic mass is 16.5. The summed E-state index contributed by atoms with van der Waals surface area (Å²) in [5, 5.41) is 11.6. The summed E-state index contributed by atoms with van der Waals surface area (Å²) < 4.78 is 16.8. The fourth-order valence-corrected chi connectivity index (χ4v) is 4.56. The summed E-state index contributed by atoms with van der Waals surface area (Å²) in [5.74, 6) is -0.309. The average molecular weight is 502 g/mol. The molecular weight excluding hydrogens is 470 g/mol. The van der Waals surface area contributed by atoms with E-state index in [4.69, 9.17) is 14.2 Å². The third-order valence-electron chi connectivity index (χ3n) is 6.30. The molecule has 7 nitrogen and oxygen atoms in total. The molecule has 1 aliphatic heterocycles. The standard InChI is InChI=1S/C30H31NO6/c1-6-36-22-13-14-23(25(17-22)37-7-2)28(32)26-27(20-9-8-10-21(16-20)35-5)31(30(34)29(26)33)24-15-18(3)11-12-19(24)4/h8-17,27,32H,6-7H2,1-5H3/b28-26-. The summed E-state index contributed by atoms with van der Waals surface area (Å²) in [6, 6.07) is 17.0. The van der Waals surface area contributed by atoms with E-state index in [1.54, 1.807) is 43.5 Å². The Labute approximate surface area is 216 Å². The van der Waals surface area contributed by atoms with Crippen molar-refractivity contribution < 1.29 is 28.9 Å². The maximum Gasteiger partial charge on any atom is 0.300 e. The SMILES string of the molecule is CCOc1ccc(/C(O)=C2/C(=O)C(=O)N(c3cc(C)ccc3C)C2c2cccc(OC)c2)c(OCC)c1. The summed E-state index contributed by atoms with van der Waals surface area (Å²) in [6.07, 6.45) is 0. The molecular formula is C30H31NO6. The number of hydrogen-bond donors (Lipinski definition) is 1. The van der Waals surface area contributed by atoms with Crippen LogP contribution in [0, 0.1) is 13.8 Å². The minimum absolute atomic E-state index is 0.0238. The third-order valence-corrected chi connectivity index (χ3v) is 6.30. The van der Waals surface area contributed by atoms with Gasteiger partial charge >= 0.3 is 0 Å². The monoisotopic (exact) mass is 501 g/mol. The number of ketones is 1. The number of rotatable bonds is 8. The van der Waals surface area contributed by atoms with Crippen LogP contribution in [-0.2, 0) is 9.59 Å². The van der Waals surface area contributed by atoms with Crippen LogP contribution < -0.4 is 19.1 Å². The van der Waals surface area contributed by atoms with Crippen LogP contribution in [-0.4, -0.2) is 37.1 Å². The molecule has 0 radical (unpaired) electrons. The van der Waals surface area contributed by atoms with Gasteiger partial charge in [-0.05, 0) is 74.7 Å². The van der Waals surface area contributed by atoms with Gasteiger partial charge in [-0.15, -0.1) is 0 Å². The Morgan fingerprint density at radius 2 is 1.68 bits per heavy atom. The largest absolute Gasteiger partial charge is 0.507 e. The van der Waals surface area contributed by atoms with Gasteiger partial charge in [0.25, 0.3) is 11.7 Å². The topological polar surface area (TPSA) is 85.3 Å². The number of ether oxygens (including phenoxy) is 3. The molecule has 192 valence electrons. The predicted octanol–water partition coefficient (Wildman–Crippen LogP) is 5.74. The first-order chi connectivity index (χ1) is 17.8. The van der Waals surface area contributed by atoms with E-state index in [2.05, 4.69) is 0 Å². The molecule has 1 N–H and O–H groups in total. The molecule has 1 saturated heterocycles. The van der Waals surface area contributed by atoms with Crippen molar-refractivity contribution in [3.8, 4) is 17.2 Å². The van der Waals surface area contributed by atoms with Gasteiger partial charge in [-0.3, -0.25) is 14.5 Å². The van der Waals surface area contributed by atoms with Crippen molar-refractivity contribution in [1.82, 2.24) is 0 Å². The number of aryl methyl sites for hydroxylation is 2. The number of aliphatic hydroxyl groups is 1. The van der Waals surface area contributed by atoms with E-state index in [0.29, 0.717) is 47.3 Å². The van der Waals surface area contributed by atoms with Gasteiger partial charge < -0.3 is 19.3 Å². The second-order valence-electron chi connectivity index (χ2n) is 8.76. The van der Waals surface area contributed by atoms with E-state index in [-0.39, 0.29) is 11.3 Å².